The van der Waals surface area contributed by atoms with Crippen molar-refractivity contribution in [3.8, 4) is 0 Å². The summed E-state index contributed by atoms with van der Waals surface area (Å²) in [5.41, 5.74) is 7.81. The Kier molecular flexibility index (Phi) is 3.91. The van der Waals surface area contributed by atoms with E-state index in [0.717, 1.165) is 22.7 Å². The van der Waals surface area contributed by atoms with Crippen LogP contribution in [0.1, 0.15) is 10.6 Å². The molecule has 0 aliphatic heterocycles. The minimum absolute atomic E-state index is 0.588. The molecule has 3 nitrogen and oxygen atoms in total. The van der Waals surface area contributed by atoms with Gasteiger partial charge in [0.2, 0.25) is 0 Å². The average molecular weight is 234 g/mol. The molecule has 2 aromatic rings. The minimum atomic E-state index is 0.588. The van der Waals surface area contributed by atoms with Crippen LogP contribution in [0.3, 0.4) is 0 Å². The number of para-hydroxylation sites is 1. The molecule has 1 aromatic heterocycles. The summed E-state index contributed by atoms with van der Waals surface area (Å²) in [6, 6.07) is 7.88. The minimum Gasteiger partial charge on any atom is -0.399 e. The van der Waals surface area contributed by atoms with Crippen LogP contribution in [0, 0.1) is 0 Å². The number of nitrogens with zero attached hydrogens (tertiary/aromatic N) is 1. The van der Waals surface area contributed by atoms with E-state index in [4.69, 9.17) is 10.5 Å². The molecule has 1 heterocycles. The largest absolute Gasteiger partial charge is 0.399 e. The predicted molar refractivity (Wildman–Crippen MR) is 66.3 cm³/mol. The molecule has 0 amide bonds. The predicted octanol–water partition coefficient (Wildman–Crippen LogP) is 2.48. The summed E-state index contributed by atoms with van der Waals surface area (Å²) in [5, 5.41) is 2.97. The van der Waals surface area contributed by atoms with Crippen molar-refractivity contribution < 1.29 is 4.74 Å². The standard InChI is InChI=1S/C12H14N2OS/c13-11-4-2-1-3-10(11)5-7-15-9-12-14-6-8-16-12/h1-4,6,8H,5,7,9,13H2. The Bertz CT molecular complexity index is 428. The summed E-state index contributed by atoms with van der Waals surface area (Å²) in [5.74, 6) is 0. The Morgan fingerprint density at radius 2 is 2.19 bits per heavy atom. The third-order valence-corrected chi connectivity index (χ3v) is 3.03. The van der Waals surface area contributed by atoms with E-state index in [1.807, 2.05) is 29.6 Å². The van der Waals surface area contributed by atoms with Gasteiger partial charge in [0.1, 0.15) is 5.01 Å². The Hall–Kier alpha value is -1.39. The number of anilines is 1. The van der Waals surface area contributed by atoms with Gasteiger partial charge in [-0.05, 0) is 18.1 Å². The molecule has 1 aromatic carbocycles. The van der Waals surface area contributed by atoms with Gasteiger partial charge in [-0.15, -0.1) is 11.3 Å². The van der Waals surface area contributed by atoms with Gasteiger partial charge in [0.05, 0.1) is 13.2 Å². The smallest absolute Gasteiger partial charge is 0.118 e. The number of nitrogen functional groups attached to an aromatic ring is 1. The lowest BCUT2D eigenvalue weighted by Gasteiger charge is -2.05. The molecule has 0 saturated heterocycles. The number of hydrogen-bond acceptors (Lipinski definition) is 4. The fourth-order valence-electron chi connectivity index (χ4n) is 1.43. The van der Waals surface area contributed by atoms with Gasteiger partial charge in [0, 0.05) is 17.3 Å². The number of nitrogens with two attached hydrogens (primary N) is 1. The zero-order chi connectivity index (χ0) is 11.2. The topological polar surface area (TPSA) is 48.1 Å². The first-order valence-corrected chi connectivity index (χ1v) is 6.04. The Morgan fingerprint density at radius 3 is 2.94 bits per heavy atom. The summed E-state index contributed by atoms with van der Waals surface area (Å²) in [7, 11) is 0. The van der Waals surface area contributed by atoms with Gasteiger partial charge in [0.25, 0.3) is 0 Å². The molecular formula is C12H14N2OS. The van der Waals surface area contributed by atoms with Crippen LogP contribution in [0.25, 0.3) is 0 Å². The maximum Gasteiger partial charge on any atom is 0.118 e. The molecule has 0 radical (unpaired) electrons. The molecule has 84 valence electrons. The van der Waals surface area contributed by atoms with Crippen molar-refractivity contribution in [2.24, 2.45) is 0 Å². The highest BCUT2D eigenvalue weighted by molar-refractivity contribution is 7.09. The fraction of sp³-hybridized carbons (Fsp3) is 0.250. The first-order chi connectivity index (χ1) is 7.86. The van der Waals surface area contributed by atoms with Gasteiger partial charge in [-0.3, -0.25) is 0 Å². The molecular weight excluding hydrogens is 220 g/mol. The molecule has 0 fully saturated rings. The molecule has 0 saturated carbocycles. The monoisotopic (exact) mass is 234 g/mol. The van der Waals surface area contributed by atoms with E-state index in [9.17, 15) is 0 Å². The summed E-state index contributed by atoms with van der Waals surface area (Å²) < 4.78 is 5.53. The number of thiazole rings is 1. The third-order valence-electron chi connectivity index (χ3n) is 2.28. The van der Waals surface area contributed by atoms with E-state index >= 15 is 0 Å². The summed E-state index contributed by atoms with van der Waals surface area (Å²) >= 11 is 1.61. The molecule has 4 heteroatoms. The van der Waals surface area contributed by atoms with Crippen molar-refractivity contribution in [3.63, 3.8) is 0 Å². The van der Waals surface area contributed by atoms with Crippen LogP contribution in [0.4, 0.5) is 5.69 Å². The average Bonchev–Trinajstić information content (AvgIpc) is 2.79. The Balaban J connectivity index is 1.74. The number of hydrogen-bond donors (Lipinski definition) is 1. The van der Waals surface area contributed by atoms with Crippen molar-refractivity contribution in [1.29, 1.82) is 0 Å². The maximum absolute atomic E-state index is 5.83. The lowest BCUT2D eigenvalue weighted by Crippen LogP contribution is -2.01. The molecule has 0 atom stereocenters. The zero-order valence-electron chi connectivity index (χ0n) is 8.93. The van der Waals surface area contributed by atoms with Crippen molar-refractivity contribution in [2.75, 3.05) is 12.3 Å². The summed E-state index contributed by atoms with van der Waals surface area (Å²) in [4.78, 5) is 4.15. The van der Waals surface area contributed by atoms with Crippen LogP contribution < -0.4 is 5.73 Å². The lowest BCUT2D eigenvalue weighted by molar-refractivity contribution is 0.123. The van der Waals surface area contributed by atoms with Crippen molar-refractivity contribution >= 4 is 17.0 Å². The zero-order valence-corrected chi connectivity index (χ0v) is 9.74. The quantitative estimate of drug-likeness (QED) is 0.638. The van der Waals surface area contributed by atoms with E-state index in [1.165, 1.54) is 0 Å². The van der Waals surface area contributed by atoms with Crippen molar-refractivity contribution in [1.82, 2.24) is 4.98 Å². The van der Waals surface area contributed by atoms with Gasteiger partial charge >= 0.3 is 0 Å². The molecule has 2 N–H and O–H groups in total. The fourth-order valence-corrected chi connectivity index (χ4v) is 1.98. The first kappa shape index (κ1) is 11.1. The van der Waals surface area contributed by atoms with E-state index in [2.05, 4.69) is 4.98 Å². The molecule has 0 aliphatic rings. The maximum atomic E-state index is 5.83. The molecule has 0 spiro atoms. The van der Waals surface area contributed by atoms with Crippen molar-refractivity contribution in [2.45, 2.75) is 13.0 Å². The highest BCUT2D eigenvalue weighted by Gasteiger charge is 1.99. The van der Waals surface area contributed by atoms with Gasteiger partial charge < -0.3 is 10.5 Å². The number of rotatable bonds is 5. The molecule has 0 bridgehead atoms. The number of benzene rings is 1. The third kappa shape index (κ3) is 3.05. The molecule has 2 rings (SSSR count). The second-order valence-corrected chi connectivity index (χ2v) is 4.41. The number of aromatic nitrogens is 1. The van der Waals surface area contributed by atoms with Crippen LogP contribution in [0.2, 0.25) is 0 Å². The van der Waals surface area contributed by atoms with Gasteiger partial charge in [0.15, 0.2) is 0 Å². The summed E-state index contributed by atoms with van der Waals surface area (Å²) in [6.07, 6.45) is 2.64. The highest BCUT2D eigenvalue weighted by Crippen LogP contribution is 2.11. The second-order valence-electron chi connectivity index (χ2n) is 3.43. The van der Waals surface area contributed by atoms with Gasteiger partial charge in [-0.2, -0.15) is 0 Å². The van der Waals surface area contributed by atoms with Crippen LogP contribution in [-0.4, -0.2) is 11.6 Å². The molecule has 0 aliphatic carbocycles. The Morgan fingerprint density at radius 1 is 1.31 bits per heavy atom. The van der Waals surface area contributed by atoms with Crippen LogP contribution in [0.5, 0.6) is 0 Å². The van der Waals surface area contributed by atoms with Crippen molar-refractivity contribution in [3.05, 3.63) is 46.4 Å². The van der Waals surface area contributed by atoms with Crippen LogP contribution in [-0.2, 0) is 17.8 Å². The SMILES string of the molecule is Nc1ccccc1CCOCc1nccs1. The van der Waals surface area contributed by atoms with Gasteiger partial charge in [-0.25, -0.2) is 4.98 Å². The normalized spacial score (nSPS) is 10.5. The van der Waals surface area contributed by atoms with E-state index in [0.29, 0.717) is 13.2 Å². The Labute approximate surface area is 98.9 Å². The van der Waals surface area contributed by atoms with Crippen LogP contribution in [0.15, 0.2) is 35.8 Å². The first-order valence-electron chi connectivity index (χ1n) is 5.16. The highest BCUT2D eigenvalue weighted by atomic mass is 32.1. The summed E-state index contributed by atoms with van der Waals surface area (Å²) in [6.45, 7) is 1.26. The van der Waals surface area contributed by atoms with E-state index in [1.54, 1.807) is 17.5 Å². The van der Waals surface area contributed by atoms with Gasteiger partial charge in [-0.1, -0.05) is 18.2 Å². The van der Waals surface area contributed by atoms with E-state index < -0.39 is 0 Å². The van der Waals surface area contributed by atoms with Crippen LogP contribution >= 0.6 is 11.3 Å². The molecule has 16 heavy (non-hydrogen) atoms. The molecule has 0 unspecified atom stereocenters. The number of ether oxygens (including phenoxy) is 1. The van der Waals surface area contributed by atoms with E-state index in [-0.39, 0.29) is 0 Å². The second kappa shape index (κ2) is 5.63. The lowest BCUT2D eigenvalue weighted by atomic mass is 10.1.